The first-order chi connectivity index (χ1) is 9.24. The smallest absolute Gasteiger partial charge is 0.217 e. The van der Waals surface area contributed by atoms with Crippen molar-refractivity contribution in [2.75, 3.05) is 0 Å². The third-order valence-electron chi connectivity index (χ3n) is 4.11. The standard InChI is InChI=1S/C14H18N4O/c15-12(19)4-2-9-1-3-10(7-9)13-11-5-6-16-14(11)18-8-17-13/h5-6,8-10H,1-4,7H2,(H2,15,19)(H,16,17,18)/t9-,10-/m1/s1. The van der Waals surface area contributed by atoms with Gasteiger partial charge in [0.05, 0.1) is 5.69 Å². The molecule has 3 rings (SSSR count). The number of carbonyl (C=O) groups excluding carboxylic acids is 1. The van der Waals surface area contributed by atoms with Crippen molar-refractivity contribution in [3.63, 3.8) is 0 Å². The minimum absolute atomic E-state index is 0.196. The Kier molecular flexibility index (Phi) is 3.19. The highest BCUT2D eigenvalue weighted by molar-refractivity contribution is 5.78. The molecule has 2 aromatic rings. The fourth-order valence-corrected chi connectivity index (χ4v) is 3.15. The number of aromatic amines is 1. The quantitative estimate of drug-likeness (QED) is 0.880. The highest BCUT2D eigenvalue weighted by Gasteiger charge is 2.28. The van der Waals surface area contributed by atoms with Crippen molar-refractivity contribution < 1.29 is 4.79 Å². The molecule has 100 valence electrons. The van der Waals surface area contributed by atoms with E-state index in [2.05, 4.69) is 15.0 Å². The van der Waals surface area contributed by atoms with Gasteiger partial charge in [-0.25, -0.2) is 9.97 Å². The van der Waals surface area contributed by atoms with Gasteiger partial charge in [0.1, 0.15) is 12.0 Å². The highest BCUT2D eigenvalue weighted by Crippen LogP contribution is 2.41. The number of amides is 1. The van der Waals surface area contributed by atoms with Crippen molar-refractivity contribution in [2.45, 2.75) is 38.0 Å². The van der Waals surface area contributed by atoms with Crippen LogP contribution < -0.4 is 5.73 Å². The number of fused-ring (bicyclic) bond motifs is 1. The van der Waals surface area contributed by atoms with E-state index in [0.29, 0.717) is 18.3 Å². The van der Waals surface area contributed by atoms with E-state index < -0.39 is 0 Å². The third kappa shape index (κ3) is 2.45. The van der Waals surface area contributed by atoms with Gasteiger partial charge < -0.3 is 10.7 Å². The predicted molar refractivity (Wildman–Crippen MR) is 72.4 cm³/mol. The van der Waals surface area contributed by atoms with Crippen molar-refractivity contribution >= 4 is 16.9 Å². The number of aromatic nitrogens is 3. The van der Waals surface area contributed by atoms with E-state index in [9.17, 15) is 4.79 Å². The number of nitrogens with zero attached hydrogens (tertiary/aromatic N) is 2. The molecule has 0 saturated heterocycles. The Morgan fingerprint density at radius 1 is 1.42 bits per heavy atom. The zero-order chi connectivity index (χ0) is 13.2. The molecule has 5 heteroatoms. The Bertz CT molecular complexity index is 592. The van der Waals surface area contributed by atoms with E-state index in [4.69, 9.17) is 5.73 Å². The molecule has 0 aliphatic heterocycles. The summed E-state index contributed by atoms with van der Waals surface area (Å²) in [5, 5.41) is 1.13. The van der Waals surface area contributed by atoms with Gasteiger partial charge in [0.25, 0.3) is 0 Å². The van der Waals surface area contributed by atoms with Gasteiger partial charge in [0, 0.05) is 23.9 Å². The largest absolute Gasteiger partial charge is 0.370 e. The van der Waals surface area contributed by atoms with Crippen LogP contribution in [0.4, 0.5) is 0 Å². The average Bonchev–Trinajstić information content (AvgIpc) is 3.04. The van der Waals surface area contributed by atoms with Crippen LogP contribution in [0.1, 0.15) is 43.7 Å². The number of hydrogen-bond acceptors (Lipinski definition) is 3. The van der Waals surface area contributed by atoms with E-state index in [0.717, 1.165) is 42.4 Å². The Labute approximate surface area is 111 Å². The first-order valence-corrected chi connectivity index (χ1v) is 6.80. The summed E-state index contributed by atoms with van der Waals surface area (Å²) in [6, 6.07) is 2.04. The second-order valence-corrected chi connectivity index (χ2v) is 5.38. The topological polar surface area (TPSA) is 84.7 Å². The number of rotatable bonds is 4. The molecule has 2 aromatic heterocycles. The molecule has 5 nitrogen and oxygen atoms in total. The Balaban J connectivity index is 1.74. The van der Waals surface area contributed by atoms with E-state index in [-0.39, 0.29) is 5.91 Å². The summed E-state index contributed by atoms with van der Waals surface area (Å²) in [4.78, 5) is 22.7. The first-order valence-electron chi connectivity index (χ1n) is 6.80. The lowest BCUT2D eigenvalue weighted by Crippen LogP contribution is -2.11. The molecule has 3 N–H and O–H groups in total. The molecule has 0 spiro atoms. The molecule has 19 heavy (non-hydrogen) atoms. The van der Waals surface area contributed by atoms with Crippen LogP contribution in [-0.2, 0) is 4.79 Å². The lowest BCUT2D eigenvalue weighted by Gasteiger charge is -2.11. The molecular formula is C14H18N4O. The molecule has 0 bridgehead atoms. The van der Waals surface area contributed by atoms with Crippen LogP contribution in [0.2, 0.25) is 0 Å². The van der Waals surface area contributed by atoms with Gasteiger partial charge in [0.2, 0.25) is 5.91 Å². The fourth-order valence-electron chi connectivity index (χ4n) is 3.15. The van der Waals surface area contributed by atoms with Crippen molar-refractivity contribution in [1.82, 2.24) is 15.0 Å². The van der Waals surface area contributed by atoms with Crippen molar-refractivity contribution in [2.24, 2.45) is 11.7 Å². The monoisotopic (exact) mass is 258 g/mol. The minimum Gasteiger partial charge on any atom is -0.370 e. The summed E-state index contributed by atoms with van der Waals surface area (Å²) in [5.74, 6) is 0.888. The number of nitrogens with one attached hydrogen (secondary N) is 1. The Hall–Kier alpha value is -1.91. The molecule has 1 amide bonds. The fraction of sp³-hybridized carbons (Fsp3) is 0.500. The Morgan fingerprint density at radius 3 is 3.16 bits per heavy atom. The van der Waals surface area contributed by atoms with E-state index in [1.165, 1.54) is 0 Å². The molecule has 0 unspecified atom stereocenters. The summed E-state index contributed by atoms with van der Waals surface area (Å²) < 4.78 is 0. The minimum atomic E-state index is -0.196. The zero-order valence-corrected chi connectivity index (χ0v) is 10.8. The van der Waals surface area contributed by atoms with Crippen LogP contribution in [0.15, 0.2) is 18.6 Å². The summed E-state index contributed by atoms with van der Waals surface area (Å²) in [6.45, 7) is 0. The van der Waals surface area contributed by atoms with Crippen molar-refractivity contribution in [3.8, 4) is 0 Å². The molecule has 0 radical (unpaired) electrons. The van der Waals surface area contributed by atoms with Crippen LogP contribution in [0, 0.1) is 5.92 Å². The summed E-state index contributed by atoms with van der Waals surface area (Å²) in [5.41, 5.74) is 7.27. The second kappa shape index (κ2) is 4.99. The average molecular weight is 258 g/mol. The Morgan fingerprint density at radius 2 is 2.32 bits per heavy atom. The SMILES string of the molecule is NC(=O)CC[C@H]1CC[C@@H](c2ncnc3[nH]ccc23)C1. The molecule has 1 aliphatic rings. The predicted octanol–water partition coefficient (Wildman–Crippen LogP) is 2.11. The van der Waals surface area contributed by atoms with Gasteiger partial charge in [-0.3, -0.25) is 4.79 Å². The summed E-state index contributed by atoms with van der Waals surface area (Å²) in [6.07, 6.45) is 8.35. The lowest BCUT2D eigenvalue weighted by atomic mass is 9.97. The number of carbonyl (C=O) groups is 1. The summed E-state index contributed by atoms with van der Waals surface area (Å²) in [7, 11) is 0. The first kappa shape index (κ1) is 12.1. The van der Waals surface area contributed by atoms with Gasteiger partial charge in [-0.15, -0.1) is 0 Å². The summed E-state index contributed by atoms with van der Waals surface area (Å²) >= 11 is 0. The van der Waals surface area contributed by atoms with E-state index in [1.54, 1.807) is 6.33 Å². The van der Waals surface area contributed by atoms with Gasteiger partial charge >= 0.3 is 0 Å². The molecule has 2 heterocycles. The normalized spacial score (nSPS) is 22.9. The molecule has 1 fully saturated rings. The molecule has 1 saturated carbocycles. The van der Waals surface area contributed by atoms with Crippen LogP contribution in [0.25, 0.3) is 11.0 Å². The molecule has 0 aromatic carbocycles. The third-order valence-corrected chi connectivity index (χ3v) is 4.11. The van der Waals surface area contributed by atoms with Crippen LogP contribution in [0.5, 0.6) is 0 Å². The van der Waals surface area contributed by atoms with Gasteiger partial charge in [0.15, 0.2) is 0 Å². The van der Waals surface area contributed by atoms with Gasteiger partial charge in [-0.2, -0.15) is 0 Å². The van der Waals surface area contributed by atoms with Gasteiger partial charge in [-0.1, -0.05) is 0 Å². The van der Waals surface area contributed by atoms with Crippen molar-refractivity contribution in [3.05, 3.63) is 24.3 Å². The van der Waals surface area contributed by atoms with E-state index in [1.807, 2.05) is 12.3 Å². The molecular weight excluding hydrogens is 240 g/mol. The number of hydrogen-bond donors (Lipinski definition) is 2. The van der Waals surface area contributed by atoms with Gasteiger partial charge in [-0.05, 0) is 37.7 Å². The number of H-pyrrole nitrogens is 1. The zero-order valence-electron chi connectivity index (χ0n) is 10.8. The van der Waals surface area contributed by atoms with Crippen LogP contribution in [0.3, 0.4) is 0 Å². The van der Waals surface area contributed by atoms with E-state index >= 15 is 0 Å². The molecule has 2 atom stereocenters. The van der Waals surface area contributed by atoms with Crippen molar-refractivity contribution in [1.29, 1.82) is 0 Å². The number of primary amides is 1. The maximum atomic E-state index is 10.8. The highest BCUT2D eigenvalue weighted by atomic mass is 16.1. The molecule has 1 aliphatic carbocycles. The maximum Gasteiger partial charge on any atom is 0.217 e. The maximum absolute atomic E-state index is 10.8. The second-order valence-electron chi connectivity index (χ2n) is 5.38. The van der Waals surface area contributed by atoms with Crippen LogP contribution >= 0.6 is 0 Å². The van der Waals surface area contributed by atoms with Crippen LogP contribution in [-0.4, -0.2) is 20.9 Å². The number of nitrogens with two attached hydrogens (primary N) is 1. The lowest BCUT2D eigenvalue weighted by molar-refractivity contribution is -0.118.